The summed E-state index contributed by atoms with van der Waals surface area (Å²) in [6, 6.07) is 9.88. The lowest BCUT2D eigenvalue weighted by Gasteiger charge is -2.08. The Kier molecular flexibility index (Phi) is 5.18. The van der Waals surface area contributed by atoms with E-state index >= 15 is 0 Å². The fourth-order valence-corrected chi connectivity index (χ4v) is 2.54. The summed E-state index contributed by atoms with van der Waals surface area (Å²) >= 11 is 1.70. The lowest BCUT2D eigenvalue weighted by Crippen LogP contribution is -2.26. The van der Waals surface area contributed by atoms with Gasteiger partial charge in [-0.05, 0) is 17.5 Å². The summed E-state index contributed by atoms with van der Waals surface area (Å²) in [6.07, 6.45) is 1.83. The predicted molar refractivity (Wildman–Crippen MR) is 83.8 cm³/mol. The van der Waals surface area contributed by atoms with Crippen LogP contribution in [0.2, 0.25) is 0 Å². The Bertz CT molecular complexity index is 627. The summed E-state index contributed by atoms with van der Waals surface area (Å²) in [4.78, 5) is 12.1. The van der Waals surface area contributed by atoms with Crippen LogP contribution in [0.25, 0.3) is 10.8 Å². The minimum absolute atomic E-state index is 0.166. The first-order valence-electron chi connectivity index (χ1n) is 6.38. The highest BCUT2D eigenvalue weighted by Crippen LogP contribution is 2.21. The quantitative estimate of drug-likeness (QED) is 0.650. The van der Waals surface area contributed by atoms with Crippen LogP contribution in [0.15, 0.2) is 49.1 Å². The highest BCUT2D eigenvalue weighted by Gasteiger charge is 2.11. The molecule has 0 saturated carbocycles. The number of hydrogen-bond acceptors (Lipinski definition) is 2. The summed E-state index contributed by atoms with van der Waals surface area (Å²) in [5.41, 5.74) is 0.510. The standard InChI is InChI=1S/C16H16FNOS/c1-2-10-20-11-9-18-16(19)14-7-8-15(17)13-6-4-3-5-12(13)14/h2-8H,1,9-11H2,(H,18,19). The molecule has 0 fully saturated rings. The van der Waals surface area contributed by atoms with Crippen molar-refractivity contribution < 1.29 is 9.18 Å². The summed E-state index contributed by atoms with van der Waals surface area (Å²) in [7, 11) is 0. The molecule has 2 aromatic carbocycles. The van der Waals surface area contributed by atoms with E-state index in [0.29, 0.717) is 22.9 Å². The van der Waals surface area contributed by atoms with Crippen LogP contribution in [-0.2, 0) is 0 Å². The molecule has 2 aromatic rings. The molecule has 0 spiro atoms. The average Bonchev–Trinajstić information content (AvgIpc) is 2.47. The van der Waals surface area contributed by atoms with Gasteiger partial charge in [0.25, 0.3) is 5.91 Å². The minimum Gasteiger partial charge on any atom is -0.351 e. The second-order valence-electron chi connectivity index (χ2n) is 4.26. The molecule has 20 heavy (non-hydrogen) atoms. The maximum Gasteiger partial charge on any atom is 0.251 e. The fraction of sp³-hybridized carbons (Fsp3) is 0.188. The molecule has 0 unspecified atom stereocenters. The van der Waals surface area contributed by atoms with Gasteiger partial charge in [0, 0.05) is 29.0 Å². The molecule has 0 aliphatic carbocycles. The van der Waals surface area contributed by atoms with Crippen LogP contribution in [0.3, 0.4) is 0 Å². The number of thioether (sulfide) groups is 1. The molecule has 104 valence electrons. The number of nitrogens with one attached hydrogen (secondary N) is 1. The molecular formula is C16H16FNOS. The van der Waals surface area contributed by atoms with Gasteiger partial charge >= 0.3 is 0 Å². The van der Waals surface area contributed by atoms with Gasteiger partial charge in [-0.1, -0.05) is 30.3 Å². The maximum atomic E-state index is 13.7. The minimum atomic E-state index is -0.307. The average molecular weight is 289 g/mol. The zero-order chi connectivity index (χ0) is 14.4. The molecule has 1 N–H and O–H groups in total. The predicted octanol–water partition coefficient (Wildman–Crippen LogP) is 3.63. The molecule has 0 radical (unpaired) electrons. The summed E-state index contributed by atoms with van der Waals surface area (Å²) < 4.78 is 13.7. The van der Waals surface area contributed by atoms with E-state index in [-0.39, 0.29) is 11.7 Å². The van der Waals surface area contributed by atoms with Gasteiger partial charge in [0.2, 0.25) is 0 Å². The second-order valence-corrected chi connectivity index (χ2v) is 5.41. The van der Waals surface area contributed by atoms with E-state index in [1.54, 1.807) is 36.0 Å². The number of halogens is 1. The highest BCUT2D eigenvalue weighted by molar-refractivity contribution is 7.99. The Labute approximate surface area is 122 Å². The van der Waals surface area contributed by atoms with E-state index in [2.05, 4.69) is 11.9 Å². The molecule has 0 atom stereocenters. The van der Waals surface area contributed by atoms with Crippen LogP contribution in [-0.4, -0.2) is 24.0 Å². The second kappa shape index (κ2) is 7.10. The van der Waals surface area contributed by atoms with Crippen molar-refractivity contribution in [3.05, 3.63) is 60.4 Å². The number of benzene rings is 2. The molecule has 0 saturated heterocycles. The monoisotopic (exact) mass is 289 g/mol. The summed E-state index contributed by atoms with van der Waals surface area (Å²) in [5, 5.41) is 3.97. The molecule has 4 heteroatoms. The van der Waals surface area contributed by atoms with Crippen LogP contribution in [0.5, 0.6) is 0 Å². The van der Waals surface area contributed by atoms with Gasteiger partial charge in [0.15, 0.2) is 0 Å². The molecule has 2 rings (SSSR count). The Hall–Kier alpha value is -1.81. The van der Waals surface area contributed by atoms with E-state index < -0.39 is 0 Å². The first-order chi connectivity index (χ1) is 9.74. The molecule has 0 aliphatic rings. The van der Waals surface area contributed by atoms with Crippen molar-refractivity contribution in [2.75, 3.05) is 18.1 Å². The number of carbonyl (C=O) groups excluding carboxylic acids is 1. The van der Waals surface area contributed by atoms with Crippen LogP contribution in [0.4, 0.5) is 4.39 Å². The van der Waals surface area contributed by atoms with E-state index in [1.807, 2.05) is 6.08 Å². The zero-order valence-corrected chi connectivity index (χ0v) is 11.9. The summed E-state index contributed by atoms with van der Waals surface area (Å²) in [6.45, 7) is 4.23. The van der Waals surface area contributed by atoms with Gasteiger partial charge in [-0.15, -0.1) is 6.58 Å². The third kappa shape index (κ3) is 3.39. The maximum absolute atomic E-state index is 13.7. The van der Waals surface area contributed by atoms with Gasteiger partial charge in [-0.3, -0.25) is 4.79 Å². The van der Waals surface area contributed by atoms with Crippen LogP contribution in [0.1, 0.15) is 10.4 Å². The largest absolute Gasteiger partial charge is 0.351 e. The highest BCUT2D eigenvalue weighted by atomic mass is 32.2. The van der Waals surface area contributed by atoms with Crippen molar-refractivity contribution in [2.24, 2.45) is 0 Å². The number of carbonyl (C=O) groups is 1. The lowest BCUT2D eigenvalue weighted by molar-refractivity contribution is 0.0958. The number of fused-ring (bicyclic) bond motifs is 1. The molecule has 0 bridgehead atoms. The Morgan fingerprint density at radius 3 is 2.75 bits per heavy atom. The van der Waals surface area contributed by atoms with Gasteiger partial charge in [0.05, 0.1) is 0 Å². The van der Waals surface area contributed by atoms with Crippen LogP contribution < -0.4 is 5.32 Å². The Balaban J connectivity index is 2.10. The molecule has 0 aliphatic heterocycles. The number of amides is 1. The number of rotatable bonds is 6. The molecular weight excluding hydrogens is 273 g/mol. The third-order valence-corrected chi connectivity index (χ3v) is 3.85. The summed E-state index contributed by atoms with van der Waals surface area (Å²) in [5.74, 6) is 1.23. The van der Waals surface area contributed by atoms with Crippen molar-refractivity contribution >= 4 is 28.4 Å². The van der Waals surface area contributed by atoms with Crippen molar-refractivity contribution in [1.29, 1.82) is 0 Å². The van der Waals surface area contributed by atoms with Crippen molar-refractivity contribution in [3.63, 3.8) is 0 Å². The van der Waals surface area contributed by atoms with Crippen molar-refractivity contribution in [3.8, 4) is 0 Å². The zero-order valence-electron chi connectivity index (χ0n) is 11.1. The Morgan fingerprint density at radius 1 is 1.25 bits per heavy atom. The van der Waals surface area contributed by atoms with Gasteiger partial charge in [-0.25, -0.2) is 4.39 Å². The fourth-order valence-electron chi connectivity index (χ4n) is 1.96. The van der Waals surface area contributed by atoms with E-state index in [9.17, 15) is 9.18 Å². The van der Waals surface area contributed by atoms with Crippen LogP contribution >= 0.6 is 11.8 Å². The van der Waals surface area contributed by atoms with Gasteiger partial charge in [0.1, 0.15) is 5.82 Å². The van der Waals surface area contributed by atoms with Crippen molar-refractivity contribution in [1.82, 2.24) is 5.32 Å². The van der Waals surface area contributed by atoms with Crippen molar-refractivity contribution in [2.45, 2.75) is 0 Å². The molecule has 0 heterocycles. The first-order valence-corrected chi connectivity index (χ1v) is 7.53. The Morgan fingerprint density at radius 2 is 2.00 bits per heavy atom. The molecule has 0 aromatic heterocycles. The van der Waals surface area contributed by atoms with E-state index in [0.717, 1.165) is 11.5 Å². The number of hydrogen-bond donors (Lipinski definition) is 1. The van der Waals surface area contributed by atoms with Crippen LogP contribution in [0, 0.1) is 5.82 Å². The van der Waals surface area contributed by atoms with Gasteiger partial charge in [-0.2, -0.15) is 11.8 Å². The van der Waals surface area contributed by atoms with E-state index in [1.165, 1.54) is 12.1 Å². The first kappa shape index (κ1) is 14.6. The normalized spacial score (nSPS) is 10.4. The topological polar surface area (TPSA) is 29.1 Å². The molecule has 1 amide bonds. The SMILES string of the molecule is C=CCSCCNC(=O)c1ccc(F)c2ccccc12. The third-order valence-electron chi connectivity index (χ3n) is 2.88. The molecule has 2 nitrogen and oxygen atoms in total. The smallest absolute Gasteiger partial charge is 0.251 e. The lowest BCUT2D eigenvalue weighted by atomic mass is 10.0. The van der Waals surface area contributed by atoms with Gasteiger partial charge < -0.3 is 5.32 Å². The van der Waals surface area contributed by atoms with E-state index in [4.69, 9.17) is 0 Å².